The van der Waals surface area contributed by atoms with Crippen LogP contribution in [0.2, 0.25) is 0 Å². The van der Waals surface area contributed by atoms with E-state index < -0.39 is 0 Å². The van der Waals surface area contributed by atoms with Gasteiger partial charge in [-0.1, -0.05) is 37.0 Å². The average molecular weight is 360 g/mol. The van der Waals surface area contributed by atoms with Crippen LogP contribution in [0.5, 0.6) is 0 Å². The molecule has 3 aromatic rings. The minimum absolute atomic E-state index is 0.0865. The molecule has 1 saturated carbocycles. The Labute approximate surface area is 157 Å². The van der Waals surface area contributed by atoms with Crippen LogP contribution in [0.15, 0.2) is 48.5 Å². The predicted molar refractivity (Wildman–Crippen MR) is 107 cm³/mol. The zero-order chi connectivity index (χ0) is 18.0. The standard InChI is InChI=1S/C22H20N2OS/c1-2-16-8-7-9-17(14-16)23-21(25)22(12-5-6-13-22)15-20-24-18-10-3-4-11-19(18)26-20/h1,3-4,7-11,14H,5-6,12-13,15H2,(H,23,25). The molecule has 0 atom stereocenters. The van der Waals surface area contributed by atoms with Gasteiger partial charge in [0.05, 0.1) is 20.6 Å². The zero-order valence-electron chi connectivity index (χ0n) is 14.5. The van der Waals surface area contributed by atoms with Crippen LogP contribution in [-0.2, 0) is 11.2 Å². The van der Waals surface area contributed by atoms with E-state index in [-0.39, 0.29) is 11.3 Å². The molecule has 1 N–H and O–H groups in total. The number of hydrogen-bond acceptors (Lipinski definition) is 3. The number of terminal acetylenes is 1. The number of benzene rings is 2. The van der Waals surface area contributed by atoms with Gasteiger partial charge in [-0.3, -0.25) is 4.79 Å². The van der Waals surface area contributed by atoms with E-state index in [1.54, 1.807) is 11.3 Å². The van der Waals surface area contributed by atoms with Crippen LogP contribution < -0.4 is 5.32 Å². The van der Waals surface area contributed by atoms with Gasteiger partial charge in [-0.15, -0.1) is 17.8 Å². The molecule has 1 amide bonds. The van der Waals surface area contributed by atoms with Crippen LogP contribution >= 0.6 is 11.3 Å². The van der Waals surface area contributed by atoms with E-state index in [2.05, 4.69) is 17.3 Å². The molecular formula is C22H20N2OS. The topological polar surface area (TPSA) is 42.0 Å². The third kappa shape index (κ3) is 3.23. The second-order valence-corrected chi connectivity index (χ2v) is 8.03. The van der Waals surface area contributed by atoms with Crippen molar-refractivity contribution in [3.8, 4) is 12.3 Å². The maximum atomic E-state index is 13.2. The quantitative estimate of drug-likeness (QED) is 0.664. The molecule has 4 rings (SSSR count). The summed E-state index contributed by atoms with van der Waals surface area (Å²) >= 11 is 1.69. The molecule has 130 valence electrons. The van der Waals surface area contributed by atoms with Gasteiger partial charge in [0.25, 0.3) is 0 Å². The van der Waals surface area contributed by atoms with Gasteiger partial charge >= 0.3 is 0 Å². The number of para-hydroxylation sites is 1. The minimum atomic E-state index is -0.375. The fraction of sp³-hybridized carbons (Fsp3) is 0.273. The number of nitrogens with zero attached hydrogens (tertiary/aromatic N) is 1. The van der Waals surface area contributed by atoms with Gasteiger partial charge in [0.15, 0.2) is 0 Å². The summed E-state index contributed by atoms with van der Waals surface area (Å²) in [5.74, 6) is 2.70. The lowest BCUT2D eigenvalue weighted by Crippen LogP contribution is -2.35. The molecule has 0 saturated heterocycles. The first kappa shape index (κ1) is 16.8. The second kappa shape index (κ2) is 6.93. The van der Waals surface area contributed by atoms with Crippen molar-refractivity contribution in [1.82, 2.24) is 4.98 Å². The van der Waals surface area contributed by atoms with Crippen LogP contribution in [-0.4, -0.2) is 10.9 Å². The number of aromatic nitrogens is 1. The number of thiazole rings is 1. The molecule has 0 spiro atoms. The molecule has 1 fully saturated rings. The summed E-state index contributed by atoms with van der Waals surface area (Å²) in [6.45, 7) is 0. The summed E-state index contributed by atoms with van der Waals surface area (Å²) in [4.78, 5) is 17.9. The van der Waals surface area contributed by atoms with E-state index in [1.807, 2.05) is 42.5 Å². The lowest BCUT2D eigenvalue weighted by Gasteiger charge is -2.26. The Morgan fingerprint density at radius 2 is 2.00 bits per heavy atom. The van der Waals surface area contributed by atoms with Crippen LogP contribution in [0.1, 0.15) is 36.3 Å². The van der Waals surface area contributed by atoms with Crippen LogP contribution in [0.25, 0.3) is 10.2 Å². The number of nitrogens with one attached hydrogen (secondary N) is 1. The number of hydrogen-bond donors (Lipinski definition) is 1. The Balaban J connectivity index is 1.59. The first-order valence-electron chi connectivity index (χ1n) is 8.91. The summed E-state index contributed by atoms with van der Waals surface area (Å²) < 4.78 is 1.18. The predicted octanol–water partition coefficient (Wildman–Crippen LogP) is 5.02. The largest absolute Gasteiger partial charge is 0.326 e. The van der Waals surface area contributed by atoms with E-state index in [0.29, 0.717) is 6.42 Å². The highest BCUT2D eigenvalue weighted by Crippen LogP contribution is 2.43. The summed E-state index contributed by atoms with van der Waals surface area (Å²) in [7, 11) is 0. The van der Waals surface area contributed by atoms with Gasteiger partial charge in [0, 0.05) is 17.7 Å². The first-order valence-corrected chi connectivity index (χ1v) is 9.73. The molecule has 3 nitrogen and oxygen atoms in total. The number of carbonyl (C=O) groups excluding carboxylic acids is 1. The molecule has 1 aliphatic carbocycles. The van der Waals surface area contributed by atoms with E-state index in [9.17, 15) is 4.79 Å². The second-order valence-electron chi connectivity index (χ2n) is 6.92. The molecule has 0 bridgehead atoms. The Kier molecular flexibility index (Phi) is 4.48. The fourth-order valence-corrected chi connectivity index (χ4v) is 4.88. The van der Waals surface area contributed by atoms with Gasteiger partial charge in [-0.2, -0.15) is 0 Å². The van der Waals surface area contributed by atoms with Crippen molar-refractivity contribution in [2.24, 2.45) is 5.41 Å². The van der Waals surface area contributed by atoms with Crippen molar-refractivity contribution in [3.63, 3.8) is 0 Å². The van der Waals surface area contributed by atoms with Crippen molar-refractivity contribution >= 4 is 33.1 Å². The maximum Gasteiger partial charge on any atom is 0.231 e. The highest BCUT2D eigenvalue weighted by molar-refractivity contribution is 7.18. The SMILES string of the molecule is C#Cc1cccc(NC(=O)C2(Cc3nc4ccccc4s3)CCCC2)c1. The van der Waals surface area contributed by atoms with Crippen molar-refractivity contribution in [2.45, 2.75) is 32.1 Å². The lowest BCUT2D eigenvalue weighted by atomic mass is 9.81. The third-order valence-corrected chi connectivity index (χ3v) is 6.19. The van der Waals surface area contributed by atoms with Crippen LogP contribution in [0, 0.1) is 17.8 Å². The number of carbonyl (C=O) groups is 1. The van der Waals surface area contributed by atoms with E-state index in [0.717, 1.165) is 47.5 Å². The number of anilines is 1. The molecule has 0 radical (unpaired) electrons. The van der Waals surface area contributed by atoms with E-state index in [4.69, 9.17) is 11.4 Å². The van der Waals surface area contributed by atoms with Gasteiger partial charge in [-0.25, -0.2) is 4.98 Å². The van der Waals surface area contributed by atoms with Crippen LogP contribution in [0.3, 0.4) is 0 Å². The molecule has 1 heterocycles. The normalized spacial score (nSPS) is 15.7. The third-order valence-electron chi connectivity index (χ3n) is 5.16. The highest BCUT2D eigenvalue weighted by atomic mass is 32.1. The monoisotopic (exact) mass is 360 g/mol. The molecule has 1 aromatic heterocycles. The van der Waals surface area contributed by atoms with E-state index >= 15 is 0 Å². The molecule has 4 heteroatoms. The van der Waals surface area contributed by atoms with Gasteiger partial charge in [0.2, 0.25) is 5.91 Å². The number of rotatable bonds is 4. The summed E-state index contributed by atoms with van der Waals surface area (Å²) in [5.41, 5.74) is 2.18. The molecule has 0 unspecified atom stereocenters. The van der Waals surface area contributed by atoms with Crippen molar-refractivity contribution < 1.29 is 4.79 Å². The Bertz CT molecular complexity index is 960. The highest BCUT2D eigenvalue weighted by Gasteiger charge is 2.42. The van der Waals surface area contributed by atoms with Crippen molar-refractivity contribution in [2.75, 3.05) is 5.32 Å². The van der Waals surface area contributed by atoms with Gasteiger partial charge in [-0.05, 0) is 43.2 Å². The first-order chi connectivity index (χ1) is 12.7. The lowest BCUT2D eigenvalue weighted by molar-refractivity contribution is -0.125. The fourth-order valence-electron chi connectivity index (χ4n) is 3.77. The summed E-state index contributed by atoms with van der Waals surface area (Å²) in [5, 5.41) is 4.14. The smallest absolute Gasteiger partial charge is 0.231 e. The average Bonchev–Trinajstić information content (AvgIpc) is 3.29. The Morgan fingerprint density at radius 3 is 2.77 bits per heavy atom. The van der Waals surface area contributed by atoms with Gasteiger partial charge in [0.1, 0.15) is 0 Å². The summed E-state index contributed by atoms with van der Waals surface area (Å²) in [6.07, 6.45) is 10.2. The maximum absolute atomic E-state index is 13.2. The molecule has 26 heavy (non-hydrogen) atoms. The number of amides is 1. The molecule has 0 aliphatic heterocycles. The van der Waals surface area contributed by atoms with Crippen LogP contribution in [0.4, 0.5) is 5.69 Å². The molecule has 2 aromatic carbocycles. The molecular weight excluding hydrogens is 340 g/mol. The van der Waals surface area contributed by atoms with E-state index in [1.165, 1.54) is 4.70 Å². The Hall–Kier alpha value is -2.64. The van der Waals surface area contributed by atoms with Crippen molar-refractivity contribution in [3.05, 3.63) is 59.1 Å². The number of fused-ring (bicyclic) bond motifs is 1. The van der Waals surface area contributed by atoms with Gasteiger partial charge < -0.3 is 5.32 Å². The van der Waals surface area contributed by atoms with Crippen molar-refractivity contribution in [1.29, 1.82) is 0 Å². The zero-order valence-corrected chi connectivity index (χ0v) is 15.3. The minimum Gasteiger partial charge on any atom is -0.326 e. The molecule has 1 aliphatic rings. The Morgan fingerprint density at radius 1 is 1.19 bits per heavy atom. The summed E-state index contributed by atoms with van der Waals surface area (Å²) in [6, 6.07) is 15.6.